The van der Waals surface area contributed by atoms with E-state index in [4.69, 9.17) is 5.73 Å². The zero-order valence-electron chi connectivity index (χ0n) is 9.16. The molecule has 2 fully saturated rings. The van der Waals surface area contributed by atoms with Gasteiger partial charge in [-0.3, -0.25) is 0 Å². The third-order valence-electron chi connectivity index (χ3n) is 3.83. The fraction of sp³-hybridized carbons (Fsp3) is 0.462. The van der Waals surface area contributed by atoms with Crippen molar-refractivity contribution in [3.8, 4) is 0 Å². The first-order valence-electron chi connectivity index (χ1n) is 6.04. The lowest BCUT2D eigenvalue weighted by Gasteiger charge is -2.07. The van der Waals surface area contributed by atoms with Crippen LogP contribution in [0.4, 0.5) is 0 Å². The van der Waals surface area contributed by atoms with E-state index in [2.05, 4.69) is 28.2 Å². The molecule has 2 saturated carbocycles. The topological polar surface area (TPSA) is 54.7 Å². The molecule has 2 aromatic rings. The highest BCUT2D eigenvalue weighted by molar-refractivity contribution is 5.76. The molecule has 1 aromatic carbocycles. The maximum atomic E-state index is 6.20. The van der Waals surface area contributed by atoms with Crippen molar-refractivity contribution < 1.29 is 0 Å². The molecule has 4 rings (SSSR count). The van der Waals surface area contributed by atoms with Gasteiger partial charge in [0.2, 0.25) is 0 Å². The minimum atomic E-state index is -0.0426. The second kappa shape index (κ2) is 2.66. The van der Waals surface area contributed by atoms with Gasteiger partial charge in [0, 0.05) is 11.5 Å². The first-order chi connectivity index (χ1) is 7.74. The molecule has 0 unspecified atom stereocenters. The Morgan fingerprint density at radius 3 is 2.81 bits per heavy atom. The van der Waals surface area contributed by atoms with Gasteiger partial charge in [-0.2, -0.15) is 0 Å². The van der Waals surface area contributed by atoms with Gasteiger partial charge >= 0.3 is 0 Å². The fourth-order valence-corrected chi connectivity index (χ4v) is 2.31. The molecule has 16 heavy (non-hydrogen) atoms. The molecule has 2 aliphatic carbocycles. The molecule has 82 valence electrons. The molecule has 1 aromatic heterocycles. The number of fused-ring (bicyclic) bond motifs is 1. The lowest BCUT2D eigenvalue weighted by Crippen LogP contribution is -2.18. The largest absolute Gasteiger partial charge is 0.342 e. The van der Waals surface area contributed by atoms with Crippen molar-refractivity contribution in [2.75, 3.05) is 0 Å². The first-order valence-corrected chi connectivity index (χ1v) is 6.04. The molecule has 0 spiro atoms. The summed E-state index contributed by atoms with van der Waals surface area (Å²) in [7, 11) is 0. The number of H-pyrrole nitrogens is 1. The first kappa shape index (κ1) is 8.76. The lowest BCUT2D eigenvalue weighted by molar-refractivity contribution is 0.741. The van der Waals surface area contributed by atoms with Gasteiger partial charge in [-0.15, -0.1) is 0 Å². The van der Waals surface area contributed by atoms with Crippen molar-refractivity contribution in [3.05, 3.63) is 29.6 Å². The molecule has 3 nitrogen and oxygen atoms in total. The number of imidazole rings is 1. The summed E-state index contributed by atoms with van der Waals surface area (Å²) in [5.74, 6) is 1.85. The third-order valence-corrected chi connectivity index (χ3v) is 3.83. The fourth-order valence-electron chi connectivity index (χ4n) is 2.31. The van der Waals surface area contributed by atoms with Crippen LogP contribution in [0.1, 0.15) is 43.0 Å². The Morgan fingerprint density at radius 2 is 2.12 bits per heavy atom. The van der Waals surface area contributed by atoms with Crippen LogP contribution in [0.3, 0.4) is 0 Å². The molecule has 0 saturated heterocycles. The van der Waals surface area contributed by atoms with E-state index < -0.39 is 0 Å². The number of nitrogens with one attached hydrogen (secondary N) is 1. The van der Waals surface area contributed by atoms with Gasteiger partial charge in [-0.25, -0.2) is 4.98 Å². The van der Waals surface area contributed by atoms with Crippen LogP contribution in [0.25, 0.3) is 11.0 Å². The summed E-state index contributed by atoms with van der Waals surface area (Å²) in [5.41, 5.74) is 9.64. The highest BCUT2D eigenvalue weighted by Gasteiger charge is 2.40. The monoisotopic (exact) mass is 213 g/mol. The van der Waals surface area contributed by atoms with E-state index in [1.165, 1.54) is 18.4 Å². The SMILES string of the molecule is NC1(c2ccc3nc(C4CC4)[nH]c3c2)CC1. The maximum absolute atomic E-state index is 6.20. The van der Waals surface area contributed by atoms with E-state index >= 15 is 0 Å². The predicted octanol–water partition coefficient (Wildman–Crippen LogP) is 2.39. The van der Waals surface area contributed by atoms with E-state index in [-0.39, 0.29) is 5.54 Å². The Hall–Kier alpha value is -1.35. The van der Waals surface area contributed by atoms with Crippen LogP contribution in [0.5, 0.6) is 0 Å². The van der Waals surface area contributed by atoms with E-state index in [0.717, 1.165) is 29.7 Å². The lowest BCUT2D eigenvalue weighted by atomic mass is 10.1. The molecule has 0 atom stereocenters. The zero-order valence-corrected chi connectivity index (χ0v) is 9.16. The summed E-state index contributed by atoms with van der Waals surface area (Å²) in [5, 5.41) is 0. The van der Waals surface area contributed by atoms with Gasteiger partial charge in [0.1, 0.15) is 5.82 Å². The number of hydrogen-bond donors (Lipinski definition) is 2. The van der Waals surface area contributed by atoms with Gasteiger partial charge in [0.15, 0.2) is 0 Å². The summed E-state index contributed by atoms with van der Waals surface area (Å²) >= 11 is 0. The smallest absolute Gasteiger partial charge is 0.110 e. The Bertz CT molecular complexity index is 562. The second-order valence-electron chi connectivity index (χ2n) is 5.28. The van der Waals surface area contributed by atoms with Gasteiger partial charge in [-0.1, -0.05) is 6.07 Å². The van der Waals surface area contributed by atoms with Gasteiger partial charge in [-0.05, 0) is 43.4 Å². The third kappa shape index (κ3) is 1.21. The van der Waals surface area contributed by atoms with Crippen LogP contribution in [-0.2, 0) is 5.54 Å². The minimum absolute atomic E-state index is 0.0426. The Morgan fingerprint density at radius 1 is 1.31 bits per heavy atom. The Balaban J connectivity index is 1.84. The van der Waals surface area contributed by atoms with E-state index in [1.807, 2.05) is 0 Å². The standard InChI is InChI=1S/C13H15N3/c14-13(5-6-13)9-3-4-10-11(7-9)16-12(15-10)8-1-2-8/h3-4,7-8H,1-2,5-6,14H2,(H,15,16). The molecule has 2 aliphatic rings. The molecule has 3 heteroatoms. The van der Waals surface area contributed by atoms with Crippen LogP contribution >= 0.6 is 0 Å². The molecule has 0 aliphatic heterocycles. The number of nitrogens with zero attached hydrogens (tertiary/aromatic N) is 1. The molecule has 0 radical (unpaired) electrons. The number of aromatic amines is 1. The molecule has 0 amide bonds. The highest BCUT2D eigenvalue weighted by atomic mass is 14.9. The summed E-state index contributed by atoms with van der Waals surface area (Å²) in [6.07, 6.45) is 4.80. The van der Waals surface area contributed by atoms with Crippen LogP contribution in [0.15, 0.2) is 18.2 Å². The number of nitrogens with two attached hydrogens (primary N) is 1. The summed E-state index contributed by atoms with van der Waals surface area (Å²) < 4.78 is 0. The summed E-state index contributed by atoms with van der Waals surface area (Å²) in [4.78, 5) is 8.05. The van der Waals surface area contributed by atoms with E-state index in [9.17, 15) is 0 Å². The van der Waals surface area contributed by atoms with Crippen LogP contribution < -0.4 is 5.73 Å². The normalized spacial score (nSPS) is 22.6. The van der Waals surface area contributed by atoms with Crippen molar-refractivity contribution in [2.24, 2.45) is 5.73 Å². The second-order valence-corrected chi connectivity index (χ2v) is 5.28. The zero-order chi connectivity index (χ0) is 10.8. The minimum Gasteiger partial charge on any atom is -0.342 e. The average molecular weight is 213 g/mol. The van der Waals surface area contributed by atoms with Crippen LogP contribution in [0.2, 0.25) is 0 Å². The van der Waals surface area contributed by atoms with Crippen molar-refractivity contribution in [2.45, 2.75) is 37.1 Å². The van der Waals surface area contributed by atoms with E-state index in [0.29, 0.717) is 5.92 Å². The van der Waals surface area contributed by atoms with Crippen molar-refractivity contribution in [3.63, 3.8) is 0 Å². The Kier molecular flexibility index (Phi) is 1.46. The number of rotatable bonds is 2. The Labute approximate surface area is 94.1 Å². The molecule has 1 heterocycles. The van der Waals surface area contributed by atoms with Crippen LogP contribution in [-0.4, -0.2) is 9.97 Å². The van der Waals surface area contributed by atoms with E-state index in [1.54, 1.807) is 0 Å². The quantitative estimate of drug-likeness (QED) is 0.804. The number of hydrogen-bond acceptors (Lipinski definition) is 2. The molecular formula is C13H15N3. The maximum Gasteiger partial charge on any atom is 0.110 e. The summed E-state index contributed by atoms with van der Waals surface area (Å²) in [6.45, 7) is 0. The van der Waals surface area contributed by atoms with Crippen LogP contribution in [0, 0.1) is 0 Å². The van der Waals surface area contributed by atoms with Crippen molar-refractivity contribution in [1.29, 1.82) is 0 Å². The number of benzene rings is 1. The predicted molar refractivity (Wildman–Crippen MR) is 63.2 cm³/mol. The average Bonchev–Trinajstić information content (AvgIpc) is 3.19. The van der Waals surface area contributed by atoms with Gasteiger partial charge in [0.05, 0.1) is 11.0 Å². The van der Waals surface area contributed by atoms with Gasteiger partial charge < -0.3 is 10.7 Å². The molecule has 0 bridgehead atoms. The molecular weight excluding hydrogens is 198 g/mol. The van der Waals surface area contributed by atoms with Crippen molar-refractivity contribution in [1.82, 2.24) is 9.97 Å². The highest BCUT2D eigenvalue weighted by Crippen LogP contribution is 2.44. The number of aromatic nitrogens is 2. The van der Waals surface area contributed by atoms with Gasteiger partial charge in [0.25, 0.3) is 0 Å². The molecule has 3 N–H and O–H groups in total. The summed E-state index contributed by atoms with van der Waals surface area (Å²) in [6, 6.07) is 6.41. The van der Waals surface area contributed by atoms with Crippen molar-refractivity contribution >= 4 is 11.0 Å².